The summed E-state index contributed by atoms with van der Waals surface area (Å²) in [6.07, 6.45) is -0.613. The fraction of sp³-hybridized carbons (Fsp3) is 0.235. The Balaban J connectivity index is 1.82. The molecule has 0 saturated carbocycles. The maximum atomic E-state index is 11.5. The molecule has 0 radical (unpaired) electrons. The van der Waals surface area contributed by atoms with Crippen LogP contribution in [0.2, 0.25) is 0 Å². The number of fused-ring (bicyclic) bond motifs is 1. The Labute approximate surface area is 142 Å². The zero-order valence-corrected chi connectivity index (χ0v) is 13.7. The van der Waals surface area contributed by atoms with Crippen LogP contribution in [-0.2, 0) is 9.53 Å². The van der Waals surface area contributed by atoms with Crippen molar-refractivity contribution in [2.75, 3.05) is 24.6 Å². The summed E-state index contributed by atoms with van der Waals surface area (Å²) in [6, 6.07) is 11.9. The molecule has 2 aromatic heterocycles. The number of hydrogen-bond donors (Lipinski definition) is 1. The summed E-state index contributed by atoms with van der Waals surface area (Å²) in [5.74, 6) is 1.07. The molecular weight excluding hydrogens is 324 g/mol. The van der Waals surface area contributed by atoms with E-state index < -0.39 is 12.0 Å². The minimum Gasteiger partial charge on any atom is -0.367 e. The number of aromatic nitrogens is 2. The molecule has 2 N–H and O–H groups in total. The number of nitrogens with two attached hydrogens (primary N) is 1. The molecule has 1 saturated heterocycles. The van der Waals surface area contributed by atoms with E-state index in [-0.39, 0.29) is 0 Å². The molecule has 7 heteroatoms. The lowest BCUT2D eigenvalue weighted by atomic mass is 10.2. The van der Waals surface area contributed by atoms with E-state index in [1.807, 2.05) is 41.8 Å². The number of morpholine rings is 1. The van der Waals surface area contributed by atoms with Crippen LogP contribution in [0.15, 0.2) is 41.8 Å². The highest BCUT2D eigenvalue weighted by Gasteiger charge is 2.27. The van der Waals surface area contributed by atoms with Crippen molar-refractivity contribution in [3.63, 3.8) is 0 Å². The Kier molecular flexibility index (Phi) is 3.87. The molecule has 0 bridgehead atoms. The molecule has 1 fully saturated rings. The van der Waals surface area contributed by atoms with Crippen molar-refractivity contribution in [2.45, 2.75) is 6.10 Å². The molecular formula is C17H16N4O2S. The van der Waals surface area contributed by atoms with E-state index in [4.69, 9.17) is 15.5 Å². The number of carbonyl (C=O) groups is 1. The third-order valence-electron chi connectivity index (χ3n) is 4.01. The number of primary amides is 1. The van der Waals surface area contributed by atoms with Gasteiger partial charge in [-0.05, 0) is 23.6 Å². The summed E-state index contributed by atoms with van der Waals surface area (Å²) in [5.41, 5.74) is 6.29. The lowest BCUT2D eigenvalue weighted by Gasteiger charge is -2.32. The number of amides is 1. The summed E-state index contributed by atoms with van der Waals surface area (Å²) in [6.45, 7) is 1.51. The van der Waals surface area contributed by atoms with Crippen molar-refractivity contribution in [1.29, 1.82) is 0 Å². The van der Waals surface area contributed by atoms with Crippen molar-refractivity contribution in [2.24, 2.45) is 5.73 Å². The highest BCUT2D eigenvalue weighted by Crippen LogP contribution is 2.30. The number of rotatable bonds is 3. The fourth-order valence-corrected chi connectivity index (χ4v) is 3.49. The highest BCUT2D eigenvalue weighted by molar-refractivity contribution is 7.13. The van der Waals surface area contributed by atoms with Gasteiger partial charge in [-0.25, -0.2) is 9.97 Å². The second kappa shape index (κ2) is 6.18. The molecule has 1 atom stereocenters. The van der Waals surface area contributed by atoms with Crippen LogP contribution >= 0.6 is 11.3 Å². The summed E-state index contributed by atoms with van der Waals surface area (Å²) in [4.78, 5) is 24.0. The maximum absolute atomic E-state index is 11.5. The molecule has 0 aliphatic carbocycles. The Morgan fingerprint density at radius 2 is 2.12 bits per heavy atom. The van der Waals surface area contributed by atoms with E-state index in [1.165, 1.54) is 0 Å². The number of para-hydroxylation sites is 1. The van der Waals surface area contributed by atoms with Gasteiger partial charge in [0, 0.05) is 11.9 Å². The molecule has 0 unspecified atom stereocenters. The van der Waals surface area contributed by atoms with Gasteiger partial charge in [0.1, 0.15) is 5.82 Å². The molecule has 1 amide bonds. The second-order valence-electron chi connectivity index (χ2n) is 5.57. The standard InChI is InChI=1S/C17H16N4O2S/c18-15(22)13-10-21(7-8-23-13)17-11-4-1-2-5-12(11)19-16(20-17)14-6-3-9-24-14/h1-6,9,13H,7-8,10H2,(H2,18,22)/t13-/m1/s1. The molecule has 4 rings (SSSR count). The van der Waals surface area contributed by atoms with Crippen molar-refractivity contribution in [1.82, 2.24) is 9.97 Å². The number of thiophene rings is 1. The molecule has 0 spiro atoms. The first kappa shape index (κ1) is 15.0. The van der Waals surface area contributed by atoms with Crippen LogP contribution in [0.25, 0.3) is 21.6 Å². The Morgan fingerprint density at radius 1 is 1.25 bits per heavy atom. The lowest BCUT2D eigenvalue weighted by molar-refractivity contribution is -0.130. The topological polar surface area (TPSA) is 81.3 Å². The fourth-order valence-electron chi connectivity index (χ4n) is 2.83. The Morgan fingerprint density at radius 3 is 2.92 bits per heavy atom. The molecule has 1 aliphatic rings. The van der Waals surface area contributed by atoms with Crippen LogP contribution < -0.4 is 10.6 Å². The first-order chi connectivity index (χ1) is 11.7. The van der Waals surface area contributed by atoms with E-state index in [2.05, 4.69) is 9.88 Å². The molecule has 1 aromatic carbocycles. The van der Waals surface area contributed by atoms with Gasteiger partial charge >= 0.3 is 0 Å². The average molecular weight is 340 g/mol. The zero-order chi connectivity index (χ0) is 16.5. The van der Waals surface area contributed by atoms with Gasteiger partial charge in [0.05, 0.1) is 23.5 Å². The molecule has 1 aliphatic heterocycles. The summed E-state index contributed by atoms with van der Waals surface area (Å²) in [7, 11) is 0. The minimum absolute atomic E-state index is 0.403. The van der Waals surface area contributed by atoms with Gasteiger partial charge in [-0.15, -0.1) is 11.3 Å². The SMILES string of the molecule is NC(=O)[C@H]1CN(c2nc(-c3cccs3)nc3ccccc23)CCO1. The summed E-state index contributed by atoms with van der Waals surface area (Å²) in [5, 5.41) is 2.97. The lowest BCUT2D eigenvalue weighted by Crippen LogP contribution is -2.48. The van der Waals surface area contributed by atoms with Gasteiger partial charge in [0.25, 0.3) is 0 Å². The number of anilines is 1. The maximum Gasteiger partial charge on any atom is 0.248 e. The van der Waals surface area contributed by atoms with Crippen molar-refractivity contribution in [3.8, 4) is 10.7 Å². The van der Waals surface area contributed by atoms with E-state index >= 15 is 0 Å². The van der Waals surface area contributed by atoms with Crippen LogP contribution in [0.3, 0.4) is 0 Å². The minimum atomic E-state index is -0.613. The number of nitrogens with zero attached hydrogens (tertiary/aromatic N) is 3. The van der Waals surface area contributed by atoms with Crippen LogP contribution in [-0.4, -0.2) is 41.7 Å². The molecule has 24 heavy (non-hydrogen) atoms. The van der Waals surface area contributed by atoms with Crippen LogP contribution in [0, 0.1) is 0 Å². The largest absolute Gasteiger partial charge is 0.367 e. The number of benzene rings is 1. The first-order valence-electron chi connectivity index (χ1n) is 7.69. The monoisotopic (exact) mass is 340 g/mol. The number of carbonyl (C=O) groups excluding carboxylic acids is 1. The smallest absolute Gasteiger partial charge is 0.248 e. The number of hydrogen-bond acceptors (Lipinski definition) is 6. The van der Waals surface area contributed by atoms with Gasteiger partial charge in [0.15, 0.2) is 11.9 Å². The van der Waals surface area contributed by atoms with Gasteiger partial charge in [-0.1, -0.05) is 18.2 Å². The van der Waals surface area contributed by atoms with Gasteiger partial charge in [-0.2, -0.15) is 0 Å². The first-order valence-corrected chi connectivity index (χ1v) is 8.57. The molecule has 3 heterocycles. The van der Waals surface area contributed by atoms with E-state index in [0.29, 0.717) is 25.5 Å². The number of ether oxygens (including phenoxy) is 1. The predicted molar refractivity (Wildman–Crippen MR) is 94.0 cm³/mol. The van der Waals surface area contributed by atoms with Gasteiger partial charge in [0.2, 0.25) is 5.91 Å². The quantitative estimate of drug-likeness (QED) is 0.789. The van der Waals surface area contributed by atoms with E-state index in [0.717, 1.165) is 21.6 Å². The summed E-state index contributed by atoms with van der Waals surface area (Å²) >= 11 is 1.60. The third-order valence-corrected chi connectivity index (χ3v) is 4.87. The third kappa shape index (κ3) is 2.72. The van der Waals surface area contributed by atoms with Crippen molar-refractivity contribution >= 4 is 34.0 Å². The zero-order valence-electron chi connectivity index (χ0n) is 12.9. The van der Waals surface area contributed by atoms with Crippen molar-refractivity contribution in [3.05, 3.63) is 41.8 Å². The predicted octanol–water partition coefficient (Wildman–Crippen LogP) is 2.05. The second-order valence-corrected chi connectivity index (χ2v) is 6.52. The highest BCUT2D eigenvalue weighted by atomic mass is 32.1. The normalized spacial score (nSPS) is 18.0. The van der Waals surface area contributed by atoms with Gasteiger partial charge in [-0.3, -0.25) is 4.79 Å². The van der Waals surface area contributed by atoms with E-state index in [1.54, 1.807) is 11.3 Å². The Hall–Kier alpha value is -2.51. The van der Waals surface area contributed by atoms with Crippen molar-refractivity contribution < 1.29 is 9.53 Å². The summed E-state index contributed by atoms with van der Waals surface area (Å²) < 4.78 is 5.45. The Bertz CT molecular complexity index is 881. The molecule has 122 valence electrons. The van der Waals surface area contributed by atoms with Crippen LogP contribution in [0.1, 0.15) is 0 Å². The van der Waals surface area contributed by atoms with Crippen LogP contribution in [0.4, 0.5) is 5.82 Å². The van der Waals surface area contributed by atoms with E-state index in [9.17, 15) is 4.79 Å². The van der Waals surface area contributed by atoms with Gasteiger partial charge < -0.3 is 15.4 Å². The van der Waals surface area contributed by atoms with Crippen LogP contribution in [0.5, 0.6) is 0 Å². The average Bonchev–Trinajstić information content (AvgIpc) is 3.15. The molecule has 3 aromatic rings. The molecule has 6 nitrogen and oxygen atoms in total.